The van der Waals surface area contributed by atoms with Crippen LogP contribution < -0.4 is 20.5 Å². The SMILES string of the molecule is COc1ccc(Nc2cc(-c3ccnc(N4CCn5c(cc6c5CC(C)(C)C6)C4=O)c3CO)cn(C)c2=O)nc1. The third-order valence-corrected chi connectivity index (χ3v) is 7.80. The molecule has 40 heavy (non-hydrogen) atoms. The first-order chi connectivity index (χ1) is 19.2. The molecular formula is C30H32N6O4. The van der Waals surface area contributed by atoms with Gasteiger partial charge in [-0.1, -0.05) is 13.8 Å². The van der Waals surface area contributed by atoms with Gasteiger partial charge in [-0.2, -0.15) is 0 Å². The molecule has 0 fully saturated rings. The fourth-order valence-corrected chi connectivity index (χ4v) is 5.91. The van der Waals surface area contributed by atoms with E-state index in [0.29, 0.717) is 58.5 Å². The zero-order chi connectivity index (χ0) is 28.2. The predicted molar refractivity (Wildman–Crippen MR) is 152 cm³/mol. The molecule has 4 aromatic heterocycles. The van der Waals surface area contributed by atoms with Gasteiger partial charge in [0.25, 0.3) is 11.5 Å². The van der Waals surface area contributed by atoms with Crippen LogP contribution in [0.4, 0.5) is 17.3 Å². The summed E-state index contributed by atoms with van der Waals surface area (Å²) < 4.78 is 8.79. The average molecular weight is 541 g/mol. The van der Waals surface area contributed by atoms with Gasteiger partial charge in [0.2, 0.25) is 0 Å². The second-order valence-corrected chi connectivity index (χ2v) is 11.2. The fourth-order valence-electron chi connectivity index (χ4n) is 5.91. The van der Waals surface area contributed by atoms with Crippen LogP contribution >= 0.6 is 0 Å². The van der Waals surface area contributed by atoms with Gasteiger partial charge >= 0.3 is 0 Å². The first-order valence-corrected chi connectivity index (χ1v) is 13.3. The fraction of sp³-hybridized carbons (Fsp3) is 0.333. The van der Waals surface area contributed by atoms with Crippen molar-refractivity contribution >= 4 is 23.2 Å². The lowest BCUT2D eigenvalue weighted by atomic mass is 9.90. The molecule has 4 aromatic rings. The van der Waals surface area contributed by atoms with Crippen LogP contribution in [0.1, 0.15) is 41.2 Å². The summed E-state index contributed by atoms with van der Waals surface area (Å²) in [5, 5.41) is 13.6. The zero-order valence-electron chi connectivity index (χ0n) is 23.1. The van der Waals surface area contributed by atoms with Crippen molar-refractivity contribution in [2.24, 2.45) is 12.5 Å². The quantitative estimate of drug-likeness (QED) is 0.384. The molecule has 206 valence electrons. The van der Waals surface area contributed by atoms with Crippen molar-refractivity contribution in [2.75, 3.05) is 23.9 Å². The molecule has 0 aromatic carbocycles. The van der Waals surface area contributed by atoms with Gasteiger partial charge < -0.3 is 24.3 Å². The van der Waals surface area contributed by atoms with Gasteiger partial charge in [-0.3, -0.25) is 14.5 Å². The summed E-state index contributed by atoms with van der Waals surface area (Å²) in [6, 6.07) is 9.02. The molecule has 0 radical (unpaired) electrons. The Labute approximate surface area is 231 Å². The first kappa shape index (κ1) is 25.8. The highest BCUT2D eigenvalue weighted by Gasteiger charge is 2.37. The van der Waals surface area contributed by atoms with Crippen LogP contribution in [0.5, 0.6) is 5.75 Å². The van der Waals surface area contributed by atoms with Gasteiger partial charge in [-0.05, 0) is 59.7 Å². The van der Waals surface area contributed by atoms with Crippen LogP contribution in [-0.4, -0.2) is 43.8 Å². The van der Waals surface area contributed by atoms with Crippen molar-refractivity contribution in [1.29, 1.82) is 0 Å². The number of nitrogens with zero attached hydrogens (tertiary/aromatic N) is 5. The second kappa shape index (κ2) is 9.63. The van der Waals surface area contributed by atoms with Crippen LogP contribution in [-0.2, 0) is 33.0 Å². The van der Waals surface area contributed by atoms with E-state index < -0.39 is 0 Å². The molecule has 2 aliphatic rings. The number of carbonyl (C=O) groups excluding carboxylic acids is 1. The van der Waals surface area contributed by atoms with Gasteiger partial charge in [0.1, 0.15) is 28.8 Å². The number of aromatic nitrogens is 4. The molecular weight excluding hydrogens is 508 g/mol. The highest BCUT2D eigenvalue weighted by atomic mass is 16.5. The summed E-state index contributed by atoms with van der Waals surface area (Å²) in [5.41, 5.74) is 5.38. The summed E-state index contributed by atoms with van der Waals surface area (Å²) in [5.74, 6) is 1.41. The van der Waals surface area contributed by atoms with Crippen molar-refractivity contribution in [1.82, 2.24) is 19.1 Å². The number of carbonyl (C=O) groups is 1. The van der Waals surface area contributed by atoms with E-state index in [1.165, 1.54) is 15.8 Å². The number of aryl methyl sites for hydroxylation is 1. The van der Waals surface area contributed by atoms with Crippen LogP contribution in [0.15, 0.2) is 53.7 Å². The van der Waals surface area contributed by atoms with E-state index in [-0.39, 0.29) is 23.5 Å². The molecule has 0 saturated heterocycles. The Hall–Kier alpha value is -4.44. The number of hydrogen-bond donors (Lipinski definition) is 2. The minimum atomic E-state index is -0.320. The second-order valence-electron chi connectivity index (χ2n) is 11.2. The summed E-state index contributed by atoms with van der Waals surface area (Å²) in [7, 11) is 3.23. The van der Waals surface area contributed by atoms with Crippen LogP contribution in [0, 0.1) is 5.41 Å². The summed E-state index contributed by atoms with van der Waals surface area (Å²) in [6.45, 7) is 5.33. The maximum Gasteiger partial charge on any atom is 0.276 e. The Balaban J connectivity index is 1.36. The van der Waals surface area contributed by atoms with Crippen molar-refractivity contribution in [2.45, 2.75) is 39.8 Å². The van der Waals surface area contributed by atoms with E-state index in [9.17, 15) is 14.7 Å². The summed E-state index contributed by atoms with van der Waals surface area (Å²) in [4.78, 5) is 37.2. The summed E-state index contributed by atoms with van der Waals surface area (Å²) >= 11 is 0. The van der Waals surface area contributed by atoms with Crippen molar-refractivity contribution < 1.29 is 14.6 Å². The average Bonchev–Trinajstić information content (AvgIpc) is 3.43. The van der Waals surface area contributed by atoms with Crippen LogP contribution in [0.3, 0.4) is 0 Å². The Morgan fingerprint density at radius 3 is 2.65 bits per heavy atom. The zero-order valence-corrected chi connectivity index (χ0v) is 23.1. The molecule has 0 spiro atoms. The highest BCUT2D eigenvalue weighted by molar-refractivity contribution is 6.06. The maximum atomic E-state index is 13.7. The number of hydrogen-bond acceptors (Lipinski definition) is 7. The molecule has 10 nitrogen and oxygen atoms in total. The number of nitrogens with one attached hydrogen (secondary N) is 1. The summed E-state index contributed by atoms with van der Waals surface area (Å²) in [6.07, 6.45) is 6.83. The topological polar surface area (TPSA) is 115 Å². The number of rotatable bonds is 6. The lowest BCUT2D eigenvalue weighted by Gasteiger charge is -2.31. The number of aliphatic hydroxyl groups excluding tert-OH is 1. The molecule has 10 heteroatoms. The Kier molecular flexibility index (Phi) is 6.22. The number of aliphatic hydroxyl groups is 1. The number of amides is 1. The molecule has 0 atom stereocenters. The number of ether oxygens (including phenoxy) is 1. The smallest absolute Gasteiger partial charge is 0.276 e. The molecule has 0 bridgehead atoms. The number of anilines is 3. The lowest BCUT2D eigenvalue weighted by Crippen LogP contribution is -2.41. The predicted octanol–water partition coefficient (Wildman–Crippen LogP) is 3.67. The van der Waals surface area contributed by atoms with Gasteiger partial charge in [0.05, 0.1) is 19.9 Å². The molecule has 6 rings (SSSR count). The largest absolute Gasteiger partial charge is 0.495 e. The third-order valence-electron chi connectivity index (χ3n) is 7.80. The lowest BCUT2D eigenvalue weighted by molar-refractivity contribution is 0.0962. The van der Waals surface area contributed by atoms with Crippen molar-refractivity contribution in [3.05, 3.63) is 81.8 Å². The van der Waals surface area contributed by atoms with E-state index >= 15 is 0 Å². The first-order valence-electron chi connectivity index (χ1n) is 13.3. The molecule has 1 amide bonds. The van der Waals surface area contributed by atoms with Crippen LogP contribution in [0.25, 0.3) is 11.1 Å². The van der Waals surface area contributed by atoms with Gasteiger partial charge in [-0.15, -0.1) is 0 Å². The number of methoxy groups -OCH3 is 1. The normalized spacial score (nSPS) is 15.6. The monoisotopic (exact) mass is 540 g/mol. The van der Waals surface area contributed by atoms with E-state index in [1.807, 2.05) is 6.07 Å². The van der Waals surface area contributed by atoms with Crippen LogP contribution in [0.2, 0.25) is 0 Å². The Morgan fingerprint density at radius 2 is 1.93 bits per heavy atom. The van der Waals surface area contributed by atoms with Gasteiger partial charge in [0, 0.05) is 49.4 Å². The minimum absolute atomic E-state index is 0.119. The Morgan fingerprint density at radius 1 is 1.10 bits per heavy atom. The van der Waals surface area contributed by atoms with E-state index in [0.717, 1.165) is 12.8 Å². The number of fused-ring (bicyclic) bond motifs is 3. The molecule has 0 unspecified atom stereocenters. The third kappa shape index (κ3) is 4.34. The Bertz CT molecular complexity index is 1690. The molecule has 5 heterocycles. The minimum Gasteiger partial charge on any atom is -0.495 e. The van der Waals surface area contributed by atoms with E-state index in [2.05, 4.69) is 33.7 Å². The molecule has 1 aliphatic carbocycles. The van der Waals surface area contributed by atoms with E-state index in [4.69, 9.17) is 4.74 Å². The van der Waals surface area contributed by atoms with Gasteiger partial charge in [0.15, 0.2) is 0 Å². The molecule has 1 aliphatic heterocycles. The van der Waals surface area contributed by atoms with Gasteiger partial charge in [-0.25, -0.2) is 9.97 Å². The standard InChI is InChI=1S/C30H32N6O4/c1-30(2)13-18-12-24-29(39)36(10-9-35(24)25(18)14-30)27-22(17-37)21(7-8-31-27)19-11-23(28(38)34(3)16-19)33-26-6-5-20(40-4)15-32-26/h5-8,11-12,15-16,37H,9-10,13-14,17H2,1-4H3,(H,32,33). The van der Waals surface area contributed by atoms with Crippen molar-refractivity contribution in [3.8, 4) is 16.9 Å². The molecule has 2 N–H and O–H groups in total. The van der Waals surface area contributed by atoms with E-state index in [1.54, 1.807) is 61.9 Å². The number of pyridine rings is 3. The maximum absolute atomic E-state index is 13.7. The highest BCUT2D eigenvalue weighted by Crippen LogP contribution is 2.40. The molecule has 0 saturated carbocycles. The van der Waals surface area contributed by atoms with Crippen molar-refractivity contribution in [3.63, 3.8) is 0 Å².